The number of carbonyl (C=O) groups is 2. The Balaban J connectivity index is 0.000000487. The zero-order valence-corrected chi connectivity index (χ0v) is 8.59. The van der Waals surface area contributed by atoms with Gasteiger partial charge in [-0.25, -0.2) is 4.79 Å². The third-order valence-electron chi connectivity index (χ3n) is 1.59. The molecule has 1 rings (SSSR count). The van der Waals surface area contributed by atoms with Crippen LogP contribution in [0, 0.1) is 0 Å². The normalized spacial score (nSPS) is 8.88. The number of carboxylic acids is 1. The first-order chi connectivity index (χ1) is 7.58. The van der Waals surface area contributed by atoms with Gasteiger partial charge in [0.15, 0.2) is 6.29 Å². The molecule has 0 aliphatic rings. The average molecular weight is 226 g/mol. The number of benzene rings is 1. The Bertz CT molecular complexity index is 364. The number of hydrogen-bond donors (Lipinski definition) is 4. The molecule has 0 amide bonds. The number of aldehydes is 1. The molecule has 6 heteroatoms. The van der Waals surface area contributed by atoms with Crippen molar-refractivity contribution in [2.75, 3.05) is 13.1 Å². The first-order valence-corrected chi connectivity index (χ1v) is 4.49. The third kappa shape index (κ3) is 4.07. The number of nitrogens with two attached hydrogens (primary N) is 2. The Labute approximate surface area is 92.5 Å². The predicted molar refractivity (Wildman–Crippen MR) is 58.6 cm³/mol. The van der Waals surface area contributed by atoms with Gasteiger partial charge in [0.1, 0.15) is 11.3 Å². The number of carboxylic acid groups (broad SMARTS) is 1. The SMILES string of the molecule is NCCN.O=Cc1cccc(C(=O)O)c1O. The van der Waals surface area contributed by atoms with E-state index in [4.69, 9.17) is 21.7 Å². The summed E-state index contributed by atoms with van der Waals surface area (Å²) in [4.78, 5) is 20.7. The highest BCUT2D eigenvalue weighted by Gasteiger charge is 2.11. The lowest BCUT2D eigenvalue weighted by Crippen LogP contribution is -2.11. The molecule has 0 saturated carbocycles. The maximum atomic E-state index is 10.4. The summed E-state index contributed by atoms with van der Waals surface area (Å²) in [5, 5.41) is 17.7. The number of aromatic carboxylic acids is 1. The highest BCUT2D eigenvalue weighted by molar-refractivity contribution is 5.94. The molecule has 0 radical (unpaired) electrons. The lowest BCUT2D eigenvalue weighted by molar-refractivity contribution is 0.0693. The topological polar surface area (TPSA) is 127 Å². The summed E-state index contributed by atoms with van der Waals surface area (Å²) in [5.74, 6) is -1.74. The largest absolute Gasteiger partial charge is 0.506 e. The minimum atomic E-state index is -1.25. The van der Waals surface area contributed by atoms with Crippen LogP contribution in [0.25, 0.3) is 0 Å². The predicted octanol–water partition coefficient (Wildman–Crippen LogP) is -0.193. The average Bonchev–Trinajstić information content (AvgIpc) is 2.29. The van der Waals surface area contributed by atoms with Gasteiger partial charge in [0.25, 0.3) is 0 Å². The van der Waals surface area contributed by atoms with Gasteiger partial charge in [-0.1, -0.05) is 6.07 Å². The van der Waals surface area contributed by atoms with Crippen molar-refractivity contribution in [3.05, 3.63) is 29.3 Å². The number of carbonyl (C=O) groups excluding carboxylic acids is 1. The Morgan fingerprint density at radius 3 is 2.25 bits per heavy atom. The molecule has 1 aromatic rings. The Kier molecular flexibility index (Phi) is 6.50. The van der Waals surface area contributed by atoms with Gasteiger partial charge in [-0.2, -0.15) is 0 Å². The van der Waals surface area contributed by atoms with E-state index in [0.29, 0.717) is 19.4 Å². The van der Waals surface area contributed by atoms with Crippen LogP contribution in [0.1, 0.15) is 20.7 Å². The minimum absolute atomic E-state index is 0.0186. The molecule has 6 N–H and O–H groups in total. The second kappa shape index (κ2) is 7.38. The van der Waals surface area contributed by atoms with Gasteiger partial charge in [0, 0.05) is 13.1 Å². The molecule has 6 nitrogen and oxygen atoms in total. The molecule has 0 aliphatic carbocycles. The van der Waals surface area contributed by atoms with E-state index >= 15 is 0 Å². The molecule has 0 unspecified atom stereocenters. The van der Waals surface area contributed by atoms with Crippen molar-refractivity contribution in [3.8, 4) is 5.75 Å². The van der Waals surface area contributed by atoms with E-state index in [0.717, 1.165) is 0 Å². The lowest BCUT2D eigenvalue weighted by Gasteiger charge is -1.99. The number of aromatic hydroxyl groups is 1. The van der Waals surface area contributed by atoms with Gasteiger partial charge in [0.05, 0.1) is 5.56 Å². The van der Waals surface area contributed by atoms with E-state index in [1.165, 1.54) is 18.2 Å². The van der Waals surface area contributed by atoms with Gasteiger partial charge in [-0.15, -0.1) is 0 Å². The second-order valence-corrected chi connectivity index (χ2v) is 2.74. The zero-order valence-electron chi connectivity index (χ0n) is 8.59. The molecule has 0 bridgehead atoms. The van der Waals surface area contributed by atoms with Crippen molar-refractivity contribution in [1.29, 1.82) is 0 Å². The Morgan fingerprint density at radius 1 is 1.31 bits per heavy atom. The van der Waals surface area contributed by atoms with Crippen LogP contribution >= 0.6 is 0 Å². The van der Waals surface area contributed by atoms with E-state index in [1.54, 1.807) is 0 Å². The van der Waals surface area contributed by atoms with Crippen LogP contribution in [-0.2, 0) is 0 Å². The summed E-state index contributed by atoms with van der Waals surface area (Å²) in [6.45, 7) is 1.19. The summed E-state index contributed by atoms with van der Waals surface area (Å²) in [6.07, 6.45) is 0.405. The summed E-state index contributed by atoms with van der Waals surface area (Å²) >= 11 is 0. The fourth-order valence-corrected chi connectivity index (χ4v) is 0.829. The van der Waals surface area contributed by atoms with Gasteiger partial charge in [-0.3, -0.25) is 4.79 Å². The van der Waals surface area contributed by atoms with Crippen LogP contribution in [0.5, 0.6) is 5.75 Å². The monoisotopic (exact) mass is 226 g/mol. The highest BCUT2D eigenvalue weighted by atomic mass is 16.4. The van der Waals surface area contributed by atoms with Crippen molar-refractivity contribution < 1.29 is 19.8 Å². The fraction of sp³-hybridized carbons (Fsp3) is 0.200. The molecular formula is C10H14N2O4. The smallest absolute Gasteiger partial charge is 0.339 e. The quantitative estimate of drug-likeness (QED) is 0.529. The van der Waals surface area contributed by atoms with E-state index in [9.17, 15) is 9.59 Å². The molecule has 0 atom stereocenters. The fourth-order valence-electron chi connectivity index (χ4n) is 0.829. The van der Waals surface area contributed by atoms with Gasteiger partial charge >= 0.3 is 5.97 Å². The van der Waals surface area contributed by atoms with Crippen molar-refractivity contribution in [3.63, 3.8) is 0 Å². The van der Waals surface area contributed by atoms with Gasteiger partial charge in [-0.05, 0) is 12.1 Å². The molecule has 0 spiro atoms. The molecule has 0 fully saturated rings. The van der Waals surface area contributed by atoms with Gasteiger partial charge < -0.3 is 21.7 Å². The maximum absolute atomic E-state index is 10.4. The Morgan fingerprint density at radius 2 is 1.88 bits per heavy atom. The molecule has 16 heavy (non-hydrogen) atoms. The molecule has 0 aliphatic heterocycles. The van der Waals surface area contributed by atoms with Crippen LogP contribution in [-0.4, -0.2) is 35.6 Å². The molecular weight excluding hydrogens is 212 g/mol. The summed E-state index contributed by atoms with van der Waals surface area (Å²) in [6, 6.07) is 3.96. The summed E-state index contributed by atoms with van der Waals surface area (Å²) in [7, 11) is 0. The summed E-state index contributed by atoms with van der Waals surface area (Å²) in [5.41, 5.74) is 9.52. The van der Waals surface area contributed by atoms with Crippen LogP contribution < -0.4 is 11.5 Å². The molecule has 0 heterocycles. The molecule has 88 valence electrons. The maximum Gasteiger partial charge on any atom is 0.339 e. The van der Waals surface area contributed by atoms with Crippen molar-refractivity contribution >= 4 is 12.3 Å². The van der Waals surface area contributed by atoms with E-state index in [1.807, 2.05) is 0 Å². The van der Waals surface area contributed by atoms with Crippen molar-refractivity contribution in [2.45, 2.75) is 0 Å². The van der Waals surface area contributed by atoms with Gasteiger partial charge in [0.2, 0.25) is 0 Å². The molecule has 0 saturated heterocycles. The van der Waals surface area contributed by atoms with Crippen LogP contribution in [0.15, 0.2) is 18.2 Å². The van der Waals surface area contributed by atoms with Crippen LogP contribution in [0.3, 0.4) is 0 Å². The van der Waals surface area contributed by atoms with Crippen molar-refractivity contribution in [2.24, 2.45) is 11.5 Å². The lowest BCUT2D eigenvalue weighted by atomic mass is 10.1. The van der Waals surface area contributed by atoms with E-state index < -0.39 is 11.7 Å². The summed E-state index contributed by atoms with van der Waals surface area (Å²) < 4.78 is 0. The molecule has 1 aromatic carbocycles. The van der Waals surface area contributed by atoms with Crippen molar-refractivity contribution in [1.82, 2.24) is 0 Å². The highest BCUT2D eigenvalue weighted by Crippen LogP contribution is 2.20. The van der Waals surface area contributed by atoms with E-state index in [2.05, 4.69) is 0 Å². The van der Waals surface area contributed by atoms with E-state index in [-0.39, 0.29) is 11.1 Å². The van der Waals surface area contributed by atoms with Crippen LogP contribution in [0.4, 0.5) is 0 Å². The number of phenols is 1. The Hall–Kier alpha value is -1.92. The number of para-hydroxylation sites is 1. The third-order valence-corrected chi connectivity index (χ3v) is 1.59. The first kappa shape index (κ1) is 14.1. The standard InChI is InChI=1S/C8H6O4.C2H8N2/c9-4-5-2-1-3-6(7(5)10)8(11)12;3-1-2-4/h1-4,10H,(H,11,12);1-4H2. The number of rotatable bonds is 3. The zero-order chi connectivity index (χ0) is 12.6. The number of hydrogen-bond acceptors (Lipinski definition) is 5. The van der Waals surface area contributed by atoms with Crippen LogP contribution in [0.2, 0.25) is 0 Å². The minimum Gasteiger partial charge on any atom is -0.506 e. The second-order valence-electron chi connectivity index (χ2n) is 2.74. The molecule has 0 aromatic heterocycles. The first-order valence-electron chi connectivity index (χ1n) is 4.49.